The largest absolute Gasteiger partial charge is 0.484 e. The molecule has 3 aromatic rings. The first-order valence-corrected chi connectivity index (χ1v) is 11.8. The van der Waals surface area contributed by atoms with E-state index in [2.05, 4.69) is 10.0 Å². The molecule has 0 aliphatic carbocycles. The van der Waals surface area contributed by atoms with Gasteiger partial charge in [0.05, 0.1) is 10.6 Å². The van der Waals surface area contributed by atoms with Crippen molar-refractivity contribution >= 4 is 38.9 Å². The van der Waals surface area contributed by atoms with Crippen LogP contribution >= 0.6 is 11.6 Å². The molecule has 0 heterocycles. The van der Waals surface area contributed by atoms with Crippen molar-refractivity contribution in [2.45, 2.75) is 32.6 Å². The van der Waals surface area contributed by atoms with Gasteiger partial charge < -0.3 is 10.1 Å². The van der Waals surface area contributed by atoms with E-state index in [1.165, 1.54) is 24.3 Å². The van der Waals surface area contributed by atoms with Crippen LogP contribution in [-0.2, 0) is 14.8 Å². The van der Waals surface area contributed by atoms with Gasteiger partial charge in [0.15, 0.2) is 6.61 Å². The fraction of sp³-hybridized carbons (Fsp3) is 0.208. The third kappa shape index (κ3) is 5.60. The van der Waals surface area contributed by atoms with E-state index < -0.39 is 10.0 Å². The van der Waals surface area contributed by atoms with Crippen LogP contribution < -0.4 is 14.8 Å². The van der Waals surface area contributed by atoms with Crippen LogP contribution in [0.4, 0.5) is 11.4 Å². The number of hydrogen-bond acceptors (Lipinski definition) is 4. The molecule has 0 unspecified atom stereocenters. The minimum absolute atomic E-state index is 0.0986. The minimum Gasteiger partial charge on any atom is -0.484 e. The molecule has 0 aliphatic heterocycles. The third-order valence-electron chi connectivity index (χ3n) is 4.95. The van der Waals surface area contributed by atoms with Crippen LogP contribution in [0.1, 0.15) is 22.3 Å². The highest BCUT2D eigenvalue weighted by Crippen LogP contribution is 2.26. The summed E-state index contributed by atoms with van der Waals surface area (Å²) in [7, 11) is -3.76. The van der Waals surface area contributed by atoms with Gasteiger partial charge >= 0.3 is 0 Å². The number of para-hydroxylation sites is 1. The SMILES string of the molecule is Cc1cc(OCC(=O)Nc2ccc(S(=O)(=O)Nc3c(C)cccc3C)cc2)cc(C)c1Cl. The van der Waals surface area contributed by atoms with Crippen LogP contribution in [0.25, 0.3) is 0 Å². The molecule has 0 radical (unpaired) electrons. The second-order valence-corrected chi connectivity index (χ2v) is 9.66. The molecule has 2 N–H and O–H groups in total. The molecule has 0 bridgehead atoms. The second kappa shape index (κ2) is 9.63. The van der Waals surface area contributed by atoms with E-state index in [0.29, 0.717) is 22.1 Å². The molecule has 32 heavy (non-hydrogen) atoms. The lowest BCUT2D eigenvalue weighted by molar-refractivity contribution is -0.118. The Kier molecular flexibility index (Phi) is 7.11. The zero-order chi connectivity index (χ0) is 23.5. The van der Waals surface area contributed by atoms with Gasteiger partial charge in [-0.15, -0.1) is 0 Å². The second-order valence-electron chi connectivity index (χ2n) is 7.60. The van der Waals surface area contributed by atoms with Gasteiger partial charge in [-0.3, -0.25) is 9.52 Å². The topological polar surface area (TPSA) is 84.5 Å². The van der Waals surface area contributed by atoms with Gasteiger partial charge in [-0.2, -0.15) is 0 Å². The standard InChI is InChI=1S/C24H25ClN2O4S/c1-15-6-5-7-16(2)24(15)27-32(29,30)21-10-8-19(9-11-21)26-22(28)14-31-20-12-17(3)23(25)18(4)13-20/h5-13,27H,14H2,1-4H3,(H,26,28). The van der Waals surface area contributed by atoms with Crippen molar-refractivity contribution in [2.24, 2.45) is 0 Å². The minimum atomic E-state index is -3.76. The lowest BCUT2D eigenvalue weighted by Gasteiger charge is -2.14. The molecule has 0 atom stereocenters. The number of ether oxygens (including phenoxy) is 1. The molecule has 0 saturated heterocycles. The Morgan fingerprint density at radius 2 is 1.47 bits per heavy atom. The van der Waals surface area contributed by atoms with E-state index >= 15 is 0 Å². The molecule has 0 aromatic heterocycles. The summed E-state index contributed by atoms with van der Waals surface area (Å²) < 4.78 is 33.7. The van der Waals surface area contributed by atoms with Crippen LogP contribution in [0.5, 0.6) is 5.75 Å². The highest BCUT2D eigenvalue weighted by atomic mass is 35.5. The number of hydrogen-bond donors (Lipinski definition) is 2. The van der Waals surface area contributed by atoms with E-state index in [0.717, 1.165) is 22.3 Å². The lowest BCUT2D eigenvalue weighted by Crippen LogP contribution is -2.20. The van der Waals surface area contributed by atoms with E-state index in [1.54, 1.807) is 12.1 Å². The Bertz CT molecular complexity index is 1210. The van der Waals surface area contributed by atoms with E-state index in [-0.39, 0.29) is 17.4 Å². The van der Waals surface area contributed by atoms with Crippen molar-refractivity contribution in [1.82, 2.24) is 0 Å². The highest BCUT2D eigenvalue weighted by molar-refractivity contribution is 7.92. The quantitative estimate of drug-likeness (QED) is 0.482. The molecule has 8 heteroatoms. The van der Waals surface area contributed by atoms with E-state index in [9.17, 15) is 13.2 Å². The first kappa shape index (κ1) is 23.6. The molecule has 3 rings (SSSR count). The summed E-state index contributed by atoms with van der Waals surface area (Å²) >= 11 is 6.14. The summed E-state index contributed by atoms with van der Waals surface area (Å²) in [5, 5.41) is 3.36. The monoisotopic (exact) mass is 472 g/mol. The average molecular weight is 473 g/mol. The lowest BCUT2D eigenvalue weighted by atomic mass is 10.1. The normalized spacial score (nSPS) is 11.2. The number of aryl methyl sites for hydroxylation is 4. The maximum absolute atomic E-state index is 12.7. The molecule has 0 aliphatic rings. The highest BCUT2D eigenvalue weighted by Gasteiger charge is 2.17. The Morgan fingerprint density at radius 1 is 0.906 bits per heavy atom. The predicted octanol–water partition coefficient (Wildman–Crippen LogP) is 5.39. The fourth-order valence-corrected chi connectivity index (χ4v) is 4.53. The van der Waals surface area contributed by atoms with Crippen LogP contribution in [0, 0.1) is 27.7 Å². The molecule has 0 fully saturated rings. The molecule has 1 amide bonds. The maximum atomic E-state index is 12.7. The van der Waals surface area contributed by atoms with Crippen molar-refractivity contribution < 1.29 is 17.9 Å². The van der Waals surface area contributed by atoms with Crippen molar-refractivity contribution in [1.29, 1.82) is 0 Å². The molecule has 3 aromatic carbocycles. The summed E-state index contributed by atoms with van der Waals surface area (Å²) in [6, 6.07) is 15.1. The number of carbonyl (C=O) groups is 1. The first-order chi connectivity index (χ1) is 15.1. The predicted molar refractivity (Wildman–Crippen MR) is 128 cm³/mol. The van der Waals surface area contributed by atoms with E-state index in [4.69, 9.17) is 16.3 Å². The van der Waals surface area contributed by atoms with Gasteiger partial charge in [0.25, 0.3) is 15.9 Å². The number of halogens is 1. The number of amides is 1. The van der Waals surface area contributed by atoms with Crippen LogP contribution in [0.2, 0.25) is 5.02 Å². The maximum Gasteiger partial charge on any atom is 0.262 e. The Hall–Kier alpha value is -3.03. The fourth-order valence-electron chi connectivity index (χ4n) is 3.22. The summed E-state index contributed by atoms with van der Waals surface area (Å²) in [5.41, 5.74) is 4.44. The Balaban J connectivity index is 1.63. The number of rotatable bonds is 7. The van der Waals surface area contributed by atoms with Crippen LogP contribution in [-0.4, -0.2) is 20.9 Å². The first-order valence-electron chi connectivity index (χ1n) is 9.95. The van der Waals surface area contributed by atoms with Crippen molar-refractivity contribution in [3.63, 3.8) is 0 Å². The van der Waals surface area contributed by atoms with Gasteiger partial charge in [-0.05, 0) is 86.3 Å². The summed E-state index contributed by atoms with van der Waals surface area (Å²) in [6.07, 6.45) is 0. The molecule has 0 saturated carbocycles. The number of carbonyl (C=O) groups excluding carboxylic acids is 1. The molecule has 0 spiro atoms. The molecular formula is C24H25ClN2O4S. The van der Waals surface area contributed by atoms with Crippen LogP contribution in [0.15, 0.2) is 59.5 Å². The molecule has 6 nitrogen and oxygen atoms in total. The van der Waals surface area contributed by atoms with Gasteiger partial charge in [0.1, 0.15) is 5.75 Å². The molecular weight excluding hydrogens is 448 g/mol. The Morgan fingerprint density at radius 3 is 2.03 bits per heavy atom. The average Bonchev–Trinajstić information content (AvgIpc) is 2.73. The number of nitrogens with one attached hydrogen (secondary N) is 2. The summed E-state index contributed by atoms with van der Waals surface area (Å²) in [4.78, 5) is 12.3. The van der Waals surface area contributed by atoms with Gasteiger partial charge in [0, 0.05) is 10.7 Å². The number of benzene rings is 3. The zero-order valence-corrected chi connectivity index (χ0v) is 19.9. The zero-order valence-electron chi connectivity index (χ0n) is 18.3. The summed E-state index contributed by atoms with van der Waals surface area (Å²) in [5.74, 6) is 0.193. The van der Waals surface area contributed by atoms with Crippen molar-refractivity contribution in [3.8, 4) is 5.75 Å². The van der Waals surface area contributed by atoms with Gasteiger partial charge in [-0.25, -0.2) is 8.42 Å². The number of anilines is 2. The van der Waals surface area contributed by atoms with E-state index in [1.807, 2.05) is 45.9 Å². The number of sulfonamides is 1. The van der Waals surface area contributed by atoms with Crippen molar-refractivity contribution in [3.05, 3.63) is 81.9 Å². The van der Waals surface area contributed by atoms with Crippen molar-refractivity contribution in [2.75, 3.05) is 16.6 Å². The van der Waals surface area contributed by atoms with Gasteiger partial charge in [0.2, 0.25) is 0 Å². The Labute approximate surface area is 193 Å². The molecule has 168 valence electrons. The van der Waals surface area contributed by atoms with Crippen LogP contribution in [0.3, 0.4) is 0 Å². The third-order valence-corrected chi connectivity index (χ3v) is 6.91. The smallest absolute Gasteiger partial charge is 0.262 e. The summed E-state index contributed by atoms with van der Waals surface area (Å²) in [6.45, 7) is 7.24. The van der Waals surface area contributed by atoms with Gasteiger partial charge in [-0.1, -0.05) is 29.8 Å².